The Morgan fingerprint density at radius 2 is 2.39 bits per heavy atom. The average Bonchev–Trinajstić information content (AvgIpc) is 2.38. The number of amides is 1. The molecule has 2 unspecified atom stereocenters. The van der Waals surface area contributed by atoms with Crippen LogP contribution in [0.3, 0.4) is 0 Å². The van der Waals surface area contributed by atoms with Crippen LogP contribution in [0.15, 0.2) is 18.3 Å². The van der Waals surface area contributed by atoms with E-state index in [1.807, 2.05) is 0 Å². The highest BCUT2D eigenvalue weighted by Gasteiger charge is 2.30. The molecular weight excluding hydrogens is 235 g/mol. The van der Waals surface area contributed by atoms with Crippen LogP contribution in [0.5, 0.6) is 0 Å². The predicted molar refractivity (Wildman–Crippen MR) is 64.6 cm³/mol. The van der Waals surface area contributed by atoms with E-state index in [2.05, 4.69) is 4.98 Å². The zero-order valence-electron chi connectivity index (χ0n) is 10.3. The number of hydrogen-bond donors (Lipinski definition) is 1. The highest BCUT2D eigenvalue weighted by atomic mass is 19.1. The minimum absolute atomic E-state index is 0.178. The molecular formula is C13H17FN2O2. The van der Waals surface area contributed by atoms with Crippen molar-refractivity contribution in [2.75, 3.05) is 6.54 Å². The summed E-state index contributed by atoms with van der Waals surface area (Å²) in [6, 6.07) is 2.46. The van der Waals surface area contributed by atoms with Gasteiger partial charge in [-0.3, -0.25) is 4.79 Å². The topological polar surface area (TPSA) is 53.4 Å². The van der Waals surface area contributed by atoms with Gasteiger partial charge in [0, 0.05) is 24.4 Å². The van der Waals surface area contributed by atoms with Gasteiger partial charge in [-0.25, -0.2) is 4.98 Å². The van der Waals surface area contributed by atoms with Crippen LogP contribution < -0.4 is 0 Å². The fraction of sp³-hybridized carbons (Fsp3) is 0.538. The van der Waals surface area contributed by atoms with Gasteiger partial charge in [-0.2, -0.15) is 4.39 Å². The van der Waals surface area contributed by atoms with Crippen molar-refractivity contribution in [1.29, 1.82) is 0 Å². The van der Waals surface area contributed by atoms with Gasteiger partial charge in [0.15, 0.2) is 0 Å². The molecule has 1 aromatic rings. The van der Waals surface area contributed by atoms with Gasteiger partial charge in [-0.05, 0) is 32.3 Å². The van der Waals surface area contributed by atoms with Crippen molar-refractivity contribution < 1.29 is 14.3 Å². The van der Waals surface area contributed by atoms with Crippen LogP contribution >= 0.6 is 0 Å². The number of pyridine rings is 1. The lowest BCUT2D eigenvalue weighted by Crippen LogP contribution is -2.48. The lowest BCUT2D eigenvalue weighted by atomic mass is 9.97. The average molecular weight is 252 g/mol. The Morgan fingerprint density at radius 3 is 3.06 bits per heavy atom. The number of hydrogen-bond acceptors (Lipinski definition) is 3. The quantitative estimate of drug-likeness (QED) is 0.813. The summed E-state index contributed by atoms with van der Waals surface area (Å²) in [4.78, 5) is 17.4. The molecule has 0 spiro atoms. The standard InChI is InChI=1S/C13H17FN2O2/c1-9(17)11-4-2-3-7-16(11)13(18)10-5-6-15-12(14)8-10/h5-6,8-9,11,17H,2-4,7H2,1H3. The summed E-state index contributed by atoms with van der Waals surface area (Å²) >= 11 is 0. The number of piperidine rings is 1. The maximum absolute atomic E-state index is 13.0. The van der Waals surface area contributed by atoms with Crippen molar-refractivity contribution in [1.82, 2.24) is 9.88 Å². The molecule has 1 fully saturated rings. The second-order valence-corrected chi connectivity index (χ2v) is 4.67. The fourth-order valence-electron chi connectivity index (χ4n) is 2.41. The van der Waals surface area contributed by atoms with Crippen LogP contribution in [-0.2, 0) is 0 Å². The van der Waals surface area contributed by atoms with E-state index in [4.69, 9.17) is 0 Å². The molecule has 0 saturated carbocycles. The summed E-state index contributed by atoms with van der Waals surface area (Å²) in [5.74, 6) is -0.895. The number of carbonyl (C=O) groups is 1. The van der Waals surface area contributed by atoms with Crippen LogP contribution in [-0.4, -0.2) is 39.6 Å². The Kier molecular flexibility index (Phi) is 3.91. The van der Waals surface area contributed by atoms with E-state index in [1.54, 1.807) is 11.8 Å². The molecule has 1 N–H and O–H groups in total. The molecule has 2 heterocycles. The second-order valence-electron chi connectivity index (χ2n) is 4.67. The van der Waals surface area contributed by atoms with Crippen LogP contribution in [0.2, 0.25) is 0 Å². The molecule has 98 valence electrons. The van der Waals surface area contributed by atoms with Gasteiger partial charge < -0.3 is 10.0 Å². The number of nitrogens with zero attached hydrogens (tertiary/aromatic N) is 2. The Hall–Kier alpha value is -1.49. The molecule has 5 heteroatoms. The zero-order chi connectivity index (χ0) is 13.1. The van der Waals surface area contributed by atoms with Gasteiger partial charge in [-0.15, -0.1) is 0 Å². The third-order valence-electron chi connectivity index (χ3n) is 3.34. The fourth-order valence-corrected chi connectivity index (χ4v) is 2.41. The number of carbonyl (C=O) groups excluding carboxylic acids is 1. The summed E-state index contributed by atoms with van der Waals surface area (Å²) in [6.07, 6.45) is 3.42. The molecule has 2 atom stereocenters. The van der Waals surface area contributed by atoms with Gasteiger partial charge in [0.1, 0.15) is 0 Å². The Bertz CT molecular complexity index is 437. The molecule has 2 rings (SSSR count). The molecule has 1 aliphatic rings. The van der Waals surface area contributed by atoms with Crippen LogP contribution in [0.25, 0.3) is 0 Å². The summed E-state index contributed by atoms with van der Waals surface area (Å²) in [7, 11) is 0. The third kappa shape index (κ3) is 2.67. The van der Waals surface area contributed by atoms with Gasteiger partial charge in [-0.1, -0.05) is 0 Å². The number of halogens is 1. The van der Waals surface area contributed by atoms with Crippen molar-refractivity contribution in [2.45, 2.75) is 38.3 Å². The van der Waals surface area contributed by atoms with E-state index in [1.165, 1.54) is 12.3 Å². The first-order valence-electron chi connectivity index (χ1n) is 6.20. The first-order valence-corrected chi connectivity index (χ1v) is 6.20. The zero-order valence-corrected chi connectivity index (χ0v) is 10.3. The van der Waals surface area contributed by atoms with Crippen molar-refractivity contribution in [3.63, 3.8) is 0 Å². The molecule has 1 saturated heterocycles. The van der Waals surface area contributed by atoms with Crippen molar-refractivity contribution in [2.24, 2.45) is 0 Å². The Morgan fingerprint density at radius 1 is 1.61 bits per heavy atom. The summed E-state index contributed by atoms with van der Waals surface area (Å²) in [5.41, 5.74) is 0.287. The molecule has 4 nitrogen and oxygen atoms in total. The number of aliphatic hydroxyl groups is 1. The normalized spacial score (nSPS) is 21.7. The molecule has 0 bridgehead atoms. The SMILES string of the molecule is CC(O)C1CCCCN1C(=O)c1ccnc(F)c1. The van der Waals surface area contributed by atoms with E-state index in [-0.39, 0.29) is 17.5 Å². The molecule has 1 aromatic heterocycles. The number of likely N-dealkylation sites (tertiary alicyclic amines) is 1. The highest BCUT2D eigenvalue weighted by molar-refractivity contribution is 5.94. The molecule has 1 aliphatic heterocycles. The van der Waals surface area contributed by atoms with E-state index < -0.39 is 12.1 Å². The van der Waals surface area contributed by atoms with Gasteiger partial charge in [0.25, 0.3) is 5.91 Å². The first kappa shape index (κ1) is 13.0. The molecule has 0 radical (unpaired) electrons. The molecule has 0 aliphatic carbocycles. The van der Waals surface area contributed by atoms with Gasteiger partial charge in [0.05, 0.1) is 12.1 Å². The lowest BCUT2D eigenvalue weighted by Gasteiger charge is -2.37. The predicted octanol–water partition coefficient (Wildman–Crippen LogP) is 1.60. The van der Waals surface area contributed by atoms with Crippen molar-refractivity contribution in [3.05, 3.63) is 29.8 Å². The van der Waals surface area contributed by atoms with Crippen LogP contribution in [0.4, 0.5) is 4.39 Å². The molecule has 18 heavy (non-hydrogen) atoms. The monoisotopic (exact) mass is 252 g/mol. The Balaban J connectivity index is 2.21. The lowest BCUT2D eigenvalue weighted by molar-refractivity contribution is 0.0280. The third-order valence-corrected chi connectivity index (χ3v) is 3.34. The maximum Gasteiger partial charge on any atom is 0.254 e. The first-order chi connectivity index (χ1) is 8.59. The summed E-state index contributed by atoms with van der Waals surface area (Å²) in [5, 5.41) is 9.72. The van der Waals surface area contributed by atoms with Crippen LogP contribution in [0.1, 0.15) is 36.5 Å². The van der Waals surface area contributed by atoms with E-state index >= 15 is 0 Å². The number of aliphatic hydroxyl groups excluding tert-OH is 1. The van der Waals surface area contributed by atoms with E-state index in [0.717, 1.165) is 25.3 Å². The summed E-state index contributed by atoms with van der Waals surface area (Å²) < 4.78 is 13.0. The minimum atomic E-state index is -0.661. The Labute approximate surface area is 105 Å². The van der Waals surface area contributed by atoms with Gasteiger partial charge >= 0.3 is 0 Å². The number of rotatable bonds is 2. The molecule has 0 aromatic carbocycles. The largest absolute Gasteiger partial charge is 0.391 e. The van der Waals surface area contributed by atoms with Gasteiger partial charge in [0.2, 0.25) is 5.95 Å². The minimum Gasteiger partial charge on any atom is -0.391 e. The van der Waals surface area contributed by atoms with Crippen molar-refractivity contribution >= 4 is 5.91 Å². The smallest absolute Gasteiger partial charge is 0.254 e. The second kappa shape index (κ2) is 5.44. The van der Waals surface area contributed by atoms with Crippen molar-refractivity contribution in [3.8, 4) is 0 Å². The maximum atomic E-state index is 13.0. The van der Waals surface area contributed by atoms with Crippen LogP contribution in [0, 0.1) is 5.95 Å². The summed E-state index contributed by atoms with van der Waals surface area (Å²) in [6.45, 7) is 2.29. The van der Waals surface area contributed by atoms with E-state index in [0.29, 0.717) is 6.54 Å². The number of aromatic nitrogens is 1. The molecule has 1 amide bonds. The van der Waals surface area contributed by atoms with E-state index in [9.17, 15) is 14.3 Å². The highest BCUT2D eigenvalue weighted by Crippen LogP contribution is 2.22.